The van der Waals surface area contributed by atoms with Crippen molar-refractivity contribution in [1.29, 1.82) is 0 Å². The Kier molecular flexibility index (Phi) is 6.96. The maximum atomic E-state index is 12.4. The molecule has 0 atom stereocenters. The van der Waals surface area contributed by atoms with Crippen LogP contribution in [-0.2, 0) is 17.8 Å². The number of hydrogen-bond donors (Lipinski definition) is 2. The number of nitrogens with zero attached hydrogens (tertiary/aromatic N) is 4. The molecule has 1 saturated heterocycles. The smallest absolute Gasteiger partial charge is 0.295 e. The molecule has 1 fully saturated rings. The van der Waals surface area contributed by atoms with Crippen molar-refractivity contribution in [2.75, 3.05) is 18.4 Å². The van der Waals surface area contributed by atoms with E-state index in [9.17, 15) is 9.59 Å². The van der Waals surface area contributed by atoms with E-state index in [1.807, 2.05) is 6.07 Å². The van der Waals surface area contributed by atoms with Gasteiger partial charge in [0, 0.05) is 43.4 Å². The first-order valence-corrected chi connectivity index (χ1v) is 11.1. The van der Waals surface area contributed by atoms with Crippen molar-refractivity contribution in [3.8, 4) is 0 Å². The van der Waals surface area contributed by atoms with E-state index < -0.39 is 5.91 Å². The van der Waals surface area contributed by atoms with E-state index in [4.69, 9.17) is 0 Å². The fourth-order valence-corrected chi connectivity index (χ4v) is 4.24. The lowest BCUT2D eigenvalue weighted by molar-refractivity contribution is -0.121. The largest absolute Gasteiger partial charge is 0.353 e. The highest BCUT2D eigenvalue weighted by Gasteiger charge is 2.21. The summed E-state index contributed by atoms with van der Waals surface area (Å²) < 4.78 is 0. The quantitative estimate of drug-likeness (QED) is 0.590. The van der Waals surface area contributed by atoms with Gasteiger partial charge < -0.3 is 5.32 Å². The molecule has 0 saturated carbocycles. The Morgan fingerprint density at radius 1 is 1.06 bits per heavy atom. The zero-order valence-corrected chi connectivity index (χ0v) is 17.8. The summed E-state index contributed by atoms with van der Waals surface area (Å²) in [6, 6.07) is 12.3. The van der Waals surface area contributed by atoms with Crippen molar-refractivity contribution in [2.45, 2.75) is 31.8 Å². The first kappa shape index (κ1) is 21.1. The zero-order chi connectivity index (χ0) is 21.5. The number of thiazole rings is 1. The molecule has 1 aromatic carbocycles. The minimum Gasteiger partial charge on any atom is -0.353 e. The number of carbonyl (C=O) groups is 2. The first-order valence-electron chi connectivity index (χ1n) is 10.2. The summed E-state index contributed by atoms with van der Waals surface area (Å²) in [6.07, 6.45) is 5.08. The second kappa shape index (κ2) is 10.2. The Bertz CT molecular complexity index is 1000. The van der Waals surface area contributed by atoms with Gasteiger partial charge in [-0.2, -0.15) is 0 Å². The van der Waals surface area contributed by atoms with Gasteiger partial charge in [0.05, 0.1) is 12.1 Å². The van der Waals surface area contributed by atoms with Crippen LogP contribution in [0.4, 0.5) is 5.13 Å². The van der Waals surface area contributed by atoms with E-state index in [1.165, 1.54) is 29.3 Å². The second-order valence-corrected chi connectivity index (χ2v) is 8.31. The van der Waals surface area contributed by atoms with Crippen molar-refractivity contribution in [2.24, 2.45) is 0 Å². The van der Waals surface area contributed by atoms with Crippen molar-refractivity contribution in [3.05, 3.63) is 71.3 Å². The highest BCUT2D eigenvalue weighted by Crippen LogP contribution is 2.17. The molecule has 2 amide bonds. The van der Waals surface area contributed by atoms with Gasteiger partial charge in [0.2, 0.25) is 11.7 Å². The average Bonchev–Trinajstić information content (AvgIpc) is 3.23. The number of nitrogens with one attached hydrogen (secondary N) is 2. The van der Waals surface area contributed by atoms with Crippen LogP contribution < -0.4 is 10.6 Å². The standard InChI is InChI=1S/C22H24N6O2S/c29-19(25-17-7-11-28(12-8-17)14-16-5-2-1-3-6-16)13-18-15-31-22(26-18)27-21(30)20-23-9-4-10-24-20/h1-6,9-10,15,17H,7-8,11-14H2,(H,25,29)(H,26,27,30). The van der Waals surface area contributed by atoms with Crippen LogP contribution in [0.2, 0.25) is 0 Å². The van der Waals surface area contributed by atoms with Gasteiger partial charge >= 0.3 is 0 Å². The summed E-state index contributed by atoms with van der Waals surface area (Å²) in [4.78, 5) is 39.1. The van der Waals surface area contributed by atoms with Gasteiger partial charge in [-0.25, -0.2) is 15.0 Å². The molecular formula is C22H24N6O2S. The van der Waals surface area contributed by atoms with Crippen LogP contribution in [0.5, 0.6) is 0 Å². The molecule has 0 spiro atoms. The second-order valence-electron chi connectivity index (χ2n) is 7.45. The van der Waals surface area contributed by atoms with Crippen LogP contribution in [0, 0.1) is 0 Å². The Balaban J connectivity index is 1.20. The number of anilines is 1. The number of likely N-dealkylation sites (tertiary alicyclic amines) is 1. The molecule has 0 aliphatic carbocycles. The Morgan fingerprint density at radius 3 is 2.55 bits per heavy atom. The van der Waals surface area contributed by atoms with Gasteiger partial charge in [-0.1, -0.05) is 30.3 Å². The molecule has 160 valence electrons. The minimum atomic E-state index is -0.423. The van der Waals surface area contributed by atoms with Gasteiger partial charge in [0.25, 0.3) is 5.91 Å². The molecule has 3 heterocycles. The summed E-state index contributed by atoms with van der Waals surface area (Å²) in [5.74, 6) is -0.389. The molecule has 0 bridgehead atoms. The van der Waals surface area contributed by atoms with Crippen LogP contribution in [0.1, 0.15) is 34.7 Å². The van der Waals surface area contributed by atoms with E-state index in [0.717, 1.165) is 32.5 Å². The number of benzene rings is 1. The highest BCUT2D eigenvalue weighted by molar-refractivity contribution is 7.14. The van der Waals surface area contributed by atoms with Crippen molar-refractivity contribution in [3.63, 3.8) is 0 Å². The lowest BCUT2D eigenvalue weighted by Gasteiger charge is -2.32. The van der Waals surface area contributed by atoms with Gasteiger partial charge in [-0.15, -0.1) is 11.3 Å². The maximum Gasteiger partial charge on any atom is 0.295 e. The lowest BCUT2D eigenvalue weighted by Crippen LogP contribution is -2.44. The highest BCUT2D eigenvalue weighted by atomic mass is 32.1. The number of hydrogen-bond acceptors (Lipinski definition) is 7. The summed E-state index contributed by atoms with van der Waals surface area (Å²) >= 11 is 1.28. The molecular weight excluding hydrogens is 412 g/mol. The summed E-state index contributed by atoms with van der Waals surface area (Å²) in [5.41, 5.74) is 1.95. The third kappa shape index (κ3) is 6.16. The normalized spacial score (nSPS) is 14.8. The summed E-state index contributed by atoms with van der Waals surface area (Å²) in [7, 11) is 0. The van der Waals surface area contributed by atoms with Crippen molar-refractivity contribution in [1.82, 2.24) is 25.2 Å². The Hall–Kier alpha value is -3.17. The Morgan fingerprint density at radius 2 is 1.81 bits per heavy atom. The number of piperidine rings is 1. The molecule has 0 radical (unpaired) electrons. The summed E-state index contributed by atoms with van der Waals surface area (Å²) in [6.45, 7) is 2.88. The van der Waals surface area contributed by atoms with E-state index in [2.05, 4.69) is 54.8 Å². The first-order chi connectivity index (χ1) is 15.2. The molecule has 0 unspecified atom stereocenters. The number of aromatic nitrogens is 3. The lowest BCUT2D eigenvalue weighted by atomic mass is 10.0. The average molecular weight is 437 g/mol. The van der Waals surface area contributed by atoms with E-state index in [-0.39, 0.29) is 24.2 Å². The van der Waals surface area contributed by atoms with Crippen molar-refractivity contribution >= 4 is 28.3 Å². The van der Waals surface area contributed by atoms with Gasteiger partial charge in [0.15, 0.2) is 5.13 Å². The molecule has 31 heavy (non-hydrogen) atoms. The molecule has 8 nitrogen and oxygen atoms in total. The van der Waals surface area contributed by atoms with Crippen LogP contribution in [-0.4, -0.2) is 50.8 Å². The minimum absolute atomic E-state index is 0.0453. The zero-order valence-electron chi connectivity index (χ0n) is 17.0. The molecule has 9 heteroatoms. The molecule has 2 aromatic heterocycles. The molecule has 1 aliphatic rings. The third-order valence-corrected chi connectivity index (χ3v) is 5.89. The van der Waals surface area contributed by atoms with Crippen LogP contribution in [0.3, 0.4) is 0 Å². The maximum absolute atomic E-state index is 12.4. The molecule has 2 N–H and O–H groups in total. The summed E-state index contributed by atoms with van der Waals surface area (Å²) in [5, 5.41) is 7.99. The predicted molar refractivity (Wildman–Crippen MR) is 119 cm³/mol. The number of amides is 2. The van der Waals surface area contributed by atoms with E-state index in [0.29, 0.717) is 10.8 Å². The predicted octanol–water partition coefficient (Wildman–Crippen LogP) is 2.51. The topological polar surface area (TPSA) is 100 Å². The van der Waals surface area contributed by atoms with Gasteiger partial charge in [0.1, 0.15) is 0 Å². The molecule has 1 aliphatic heterocycles. The van der Waals surface area contributed by atoms with E-state index >= 15 is 0 Å². The van der Waals surface area contributed by atoms with E-state index in [1.54, 1.807) is 11.4 Å². The van der Waals surface area contributed by atoms with Gasteiger partial charge in [-0.3, -0.25) is 19.8 Å². The SMILES string of the molecule is O=C(Cc1csc(NC(=O)c2ncccn2)n1)NC1CCN(Cc2ccccc2)CC1. The van der Waals surface area contributed by atoms with Crippen molar-refractivity contribution < 1.29 is 9.59 Å². The fourth-order valence-electron chi connectivity index (χ4n) is 3.54. The fraction of sp³-hybridized carbons (Fsp3) is 0.318. The van der Waals surface area contributed by atoms with Crippen LogP contribution in [0.15, 0.2) is 54.2 Å². The third-order valence-electron chi connectivity index (χ3n) is 5.08. The molecule has 3 aromatic rings. The van der Waals surface area contributed by atoms with Gasteiger partial charge in [-0.05, 0) is 24.5 Å². The number of rotatable bonds is 7. The van der Waals surface area contributed by atoms with Crippen LogP contribution >= 0.6 is 11.3 Å². The number of carbonyl (C=O) groups excluding carboxylic acids is 2. The Labute approximate surface area is 184 Å². The monoisotopic (exact) mass is 436 g/mol. The molecule has 4 rings (SSSR count). The van der Waals surface area contributed by atoms with Crippen LogP contribution in [0.25, 0.3) is 0 Å².